The Kier molecular flexibility index (Phi) is 4.84. The second-order valence-electron chi connectivity index (χ2n) is 4.68. The summed E-state index contributed by atoms with van der Waals surface area (Å²) in [4.78, 5) is 24.5. The quantitative estimate of drug-likeness (QED) is 0.661. The molecule has 0 aliphatic heterocycles. The Bertz CT molecular complexity index is 542. The fourth-order valence-corrected chi connectivity index (χ4v) is 2.90. The van der Waals surface area contributed by atoms with Gasteiger partial charge in [-0.3, -0.25) is 9.59 Å². The van der Waals surface area contributed by atoms with Gasteiger partial charge in [0, 0.05) is 4.90 Å². The Labute approximate surface area is 122 Å². The summed E-state index contributed by atoms with van der Waals surface area (Å²) in [5.74, 6) is -2.27. The highest BCUT2D eigenvalue weighted by molar-refractivity contribution is 7.98. The van der Waals surface area contributed by atoms with Crippen LogP contribution in [0.2, 0.25) is 0 Å². The molecule has 5 heteroatoms. The number of carbonyl (C=O) groups is 2. The molecule has 1 amide bonds. The molecular weight excluding hydrogens is 274 g/mol. The molecule has 1 aliphatic carbocycles. The Hall–Kier alpha value is -1.75. The monoisotopic (exact) mass is 291 g/mol. The molecule has 106 valence electrons. The topological polar surface area (TPSA) is 66.4 Å². The van der Waals surface area contributed by atoms with E-state index in [0.29, 0.717) is 12.8 Å². The van der Waals surface area contributed by atoms with Gasteiger partial charge in [-0.15, -0.1) is 11.8 Å². The summed E-state index contributed by atoms with van der Waals surface area (Å²) in [7, 11) is 0. The van der Waals surface area contributed by atoms with Crippen LogP contribution >= 0.6 is 11.8 Å². The predicted molar refractivity (Wildman–Crippen MR) is 79.8 cm³/mol. The van der Waals surface area contributed by atoms with Crippen molar-refractivity contribution in [3.05, 3.63) is 36.4 Å². The zero-order valence-electron chi connectivity index (χ0n) is 11.2. The number of hydrogen-bond acceptors (Lipinski definition) is 3. The average molecular weight is 291 g/mol. The average Bonchev–Trinajstić information content (AvgIpc) is 2.47. The van der Waals surface area contributed by atoms with E-state index in [2.05, 4.69) is 5.32 Å². The summed E-state index contributed by atoms with van der Waals surface area (Å²) < 4.78 is 0. The van der Waals surface area contributed by atoms with E-state index in [4.69, 9.17) is 0 Å². The minimum absolute atomic E-state index is 0.219. The minimum Gasteiger partial charge on any atom is -0.481 e. The Morgan fingerprint density at radius 1 is 1.20 bits per heavy atom. The molecule has 2 N–H and O–H groups in total. The van der Waals surface area contributed by atoms with Crippen LogP contribution in [0.3, 0.4) is 0 Å². The number of nitrogens with one attached hydrogen (secondary N) is 1. The van der Waals surface area contributed by atoms with Crippen LogP contribution < -0.4 is 5.32 Å². The maximum absolute atomic E-state index is 12.3. The van der Waals surface area contributed by atoms with Crippen molar-refractivity contribution in [2.75, 3.05) is 11.6 Å². The van der Waals surface area contributed by atoms with E-state index in [0.717, 1.165) is 10.6 Å². The molecule has 1 aromatic rings. The van der Waals surface area contributed by atoms with Crippen molar-refractivity contribution in [2.45, 2.75) is 17.7 Å². The lowest BCUT2D eigenvalue weighted by Gasteiger charge is -2.24. The van der Waals surface area contributed by atoms with E-state index in [9.17, 15) is 14.7 Å². The second kappa shape index (κ2) is 6.61. The maximum atomic E-state index is 12.3. The molecule has 20 heavy (non-hydrogen) atoms. The molecule has 0 bridgehead atoms. The highest BCUT2D eigenvalue weighted by atomic mass is 32.2. The molecule has 2 atom stereocenters. The van der Waals surface area contributed by atoms with Gasteiger partial charge in [0.1, 0.15) is 0 Å². The normalized spacial score (nSPS) is 21.4. The predicted octanol–water partition coefficient (Wildman–Crippen LogP) is 3.01. The number of anilines is 1. The number of allylic oxidation sites excluding steroid dienone is 2. The van der Waals surface area contributed by atoms with Crippen molar-refractivity contribution >= 4 is 29.3 Å². The van der Waals surface area contributed by atoms with Gasteiger partial charge in [0.15, 0.2) is 0 Å². The van der Waals surface area contributed by atoms with Crippen LogP contribution in [0, 0.1) is 11.8 Å². The number of carboxylic acids is 1. The van der Waals surface area contributed by atoms with Crippen molar-refractivity contribution in [2.24, 2.45) is 11.8 Å². The largest absolute Gasteiger partial charge is 0.481 e. The molecule has 4 nitrogen and oxygen atoms in total. The first-order valence-electron chi connectivity index (χ1n) is 6.45. The van der Waals surface area contributed by atoms with Gasteiger partial charge >= 0.3 is 5.97 Å². The van der Waals surface area contributed by atoms with Gasteiger partial charge in [0.05, 0.1) is 17.5 Å². The smallest absolute Gasteiger partial charge is 0.307 e. The third-order valence-electron chi connectivity index (χ3n) is 3.45. The van der Waals surface area contributed by atoms with Gasteiger partial charge in [-0.1, -0.05) is 24.3 Å². The third-order valence-corrected chi connectivity index (χ3v) is 4.25. The van der Waals surface area contributed by atoms with E-state index < -0.39 is 17.8 Å². The molecule has 0 heterocycles. The first-order chi connectivity index (χ1) is 9.63. The molecule has 2 rings (SSSR count). The minimum atomic E-state index is -0.910. The van der Waals surface area contributed by atoms with Crippen LogP contribution in [0.1, 0.15) is 12.8 Å². The van der Waals surface area contributed by atoms with E-state index >= 15 is 0 Å². The van der Waals surface area contributed by atoms with Crippen molar-refractivity contribution in [1.29, 1.82) is 0 Å². The summed E-state index contributed by atoms with van der Waals surface area (Å²) in [5.41, 5.74) is 0.740. The molecule has 0 fully saturated rings. The van der Waals surface area contributed by atoms with E-state index in [1.165, 1.54) is 0 Å². The van der Waals surface area contributed by atoms with Crippen LogP contribution in [-0.4, -0.2) is 23.2 Å². The number of carboxylic acid groups (broad SMARTS) is 1. The lowest BCUT2D eigenvalue weighted by molar-refractivity contribution is -0.146. The summed E-state index contributed by atoms with van der Waals surface area (Å²) in [6.45, 7) is 0. The van der Waals surface area contributed by atoms with Gasteiger partial charge in [0.25, 0.3) is 0 Å². The van der Waals surface area contributed by atoms with Crippen molar-refractivity contribution < 1.29 is 14.7 Å². The highest BCUT2D eigenvalue weighted by Crippen LogP contribution is 2.29. The summed E-state index contributed by atoms with van der Waals surface area (Å²) in [6, 6.07) is 7.52. The second-order valence-corrected chi connectivity index (χ2v) is 5.53. The molecule has 0 aromatic heterocycles. The lowest BCUT2D eigenvalue weighted by Crippen LogP contribution is -2.34. The summed E-state index contributed by atoms with van der Waals surface area (Å²) in [5, 5.41) is 12.1. The van der Waals surface area contributed by atoms with Crippen molar-refractivity contribution in [3.63, 3.8) is 0 Å². The first kappa shape index (κ1) is 14.7. The first-order valence-corrected chi connectivity index (χ1v) is 7.67. The fraction of sp³-hybridized carbons (Fsp3) is 0.333. The number of benzene rings is 1. The Morgan fingerprint density at radius 2 is 1.85 bits per heavy atom. The number of para-hydroxylation sites is 1. The molecule has 1 aromatic carbocycles. The van der Waals surface area contributed by atoms with Crippen LogP contribution in [0.4, 0.5) is 5.69 Å². The Morgan fingerprint density at radius 3 is 2.50 bits per heavy atom. The molecule has 2 unspecified atom stereocenters. The molecule has 0 radical (unpaired) electrons. The maximum Gasteiger partial charge on any atom is 0.307 e. The number of hydrogen-bond donors (Lipinski definition) is 2. The zero-order chi connectivity index (χ0) is 14.5. The van der Waals surface area contributed by atoms with Crippen LogP contribution in [0.5, 0.6) is 0 Å². The number of amides is 1. The highest BCUT2D eigenvalue weighted by Gasteiger charge is 2.34. The Balaban J connectivity index is 2.14. The summed E-state index contributed by atoms with van der Waals surface area (Å²) in [6.07, 6.45) is 6.54. The van der Waals surface area contributed by atoms with Crippen molar-refractivity contribution in [1.82, 2.24) is 0 Å². The van der Waals surface area contributed by atoms with Gasteiger partial charge in [-0.25, -0.2) is 0 Å². The van der Waals surface area contributed by atoms with Crippen molar-refractivity contribution in [3.8, 4) is 0 Å². The zero-order valence-corrected chi connectivity index (χ0v) is 12.0. The molecule has 0 saturated heterocycles. The van der Waals surface area contributed by atoms with Gasteiger partial charge in [0.2, 0.25) is 5.91 Å². The standard InChI is InChI=1S/C15H17NO3S/c1-20-13-9-5-4-8-12(13)16-14(17)10-6-2-3-7-11(10)15(18)19/h2-5,8-11H,6-7H2,1H3,(H,16,17)(H,18,19). The lowest BCUT2D eigenvalue weighted by atomic mass is 9.82. The van der Waals surface area contributed by atoms with Crippen LogP contribution in [0.25, 0.3) is 0 Å². The number of thioether (sulfide) groups is 1. The molecule has 0 spiro atoms. The summed E-state index contributed by atoms with van der Waals surface area (Å²) >= 11 is 1.55. The third kappa shape index (κ3) is 3.22. The molecular formula is C15H17NO3S. The van der Waals surface area contributed by atoms with E-state index in [1.807, 2.05) is 42.7 Å². The van der Waals surface area contributed by atoms with Gasteiger partial charge in [-0.05, 0) is 31.2 Å². The van der Waals surface area contributed by atoms with Gasteiger partial charge in [-0.2, -0.15) is 0 Å². The molecule has 0 saturated carbocycles. The SMILES string of the molecule is CSc1ccccc1NC(=O)C1CC=CCC1C(=O)O. The number of rotatable bonds is 4. The number of carbonyl (C=O) groups excluding carboxylic acids is 1. The van der Waals surface area contributed by atoms with Crippen LogP contribution in [0.15, 0.2) is 41.3 Å². The number of aliphatic carboxylic acids is 1. The van der Waals surface area contributed by atoms with E-state index in [1.54, 1.807) is 11.8 Å². The van der Waals surface area contributed by atoms with E-state index in [-0.39, 0.29) is 5.91 Å². The molecule has 1 aliphatic rings. The van der Waals surface area contributed by atoms with Gasteiger partial charge < -0.3 is 10.4 Å². The fourth-order valence-electron chi connectivity index (χ4n) is 2.35. The van der Waals surface area contributed by atoms with Crippen LogP contribution in [-0.2, 0) is 9.59 Å².